The summed E-state index contributed by atoms with van der Waals surface area (Å²) in [6, 6.07) is 11.0. The number of aryl methyl sites for hydroxylation is 2. The summed E-state index contributed by atoms with van der Waals surface area (Å²) in [6.07, 6.45) is 1.10. The number of aromatic nitrogens is 2. The summed E-state index contributed by atoms with van der Waals surface area (Å²) in [5, 5.41) is 4.57. The summed E-state index contributed by atoms with van der Waals surface area (Å²) in [5.41, 5.74) is 2.26. The monoisotopic (exact) mass is 397 g/mol. The molecule has 146 valence electrons. The van der Waals surface area contributed by atoms with Gasteiger partial charge in [0.05, 0.1) is 31.6 Å². The normalized spacial score (nSPS) is 19.1. The number of hydrogen-bond acceptors (Lipinski definition) is 6. The van der Waals surface area contributed by atoms with Crippen molar-refractivity contribution in [3.8, 4) is 0 Å². The molecule has 1 aromatic carbocycles. The van der Waals surface area contributed by atoms with Crippen molar-refractivity contribution in [1.82, 2.24) is 9.97 Å². The van der Waals surface area contributed by atoms with Gasteiger partial charge >= 0.3 is 5.97 Å². The zero-order valence-corrected chi connectivity index (χ0v) is 17.2. The van der Waals surface area contributed by atoms with Crippen LogP contribution in [0.15, 0.2) is 30.3 Å². The zero-order valence-electron chi connectivity index (χ0n) is 16.4. The van der Waals surface area contributed by atoms with Gasteiger partial charge in [0.15, 0.2) is 0 Å². The molecule has 6 nitrogen and oxygen atoms in total. The number of hydrogen-bond donors (Lipinski definition) is 2. The Kier molecular flexibility index (Phi) is 5.28. The quantitative estimate of drug-likeness (QED) is 0.647. The Hall–Kier alpha value is -2.51. The molecule has 3 heterocycles. The van der Waals surface area contributed by atoms with E-state index in [-0.39, 0.29) is 5.97 Å². The van der Waals surface area contributed by atoms with E-state index < -0.39 is 0 Å². The number of anilines is 1. The molecule has 1 aliphatic rings. The number of fused-ring (bicyclic) bond motifs is 1. The number of quaternary nitrogens is 1. The van der Waals surface area contributed by atoms with Crippen molar-refractivity contribution in [1.29, 1.82) is 0 Å². The van der Waals surface area contributed by atoms with Gasteiger partial charge in [0.1, 0.15) is 27.9 Å². The van der Waals surface area contributed by atoms with Crippen LogP contribution in [0.2, 0.25) is 0 Å². The molecule has 7 heteroatoms. The smallest absolute Gasteiger partial charge is 0.348 e. The molecule has 0 aliphatic carbocycles. The maximum atomic E-state index is 12.1. The van der Waals surface area contributed by atoms with Gasteiger partial charge in [0, 0.05) is 12.0 Å². The Bertz CT molecular complexity index is 1000. The van der Waals surface area contributed by atoms with Gasteiger partial charge in [0.2, 0.25) is 0 Å². The fourth-order valence-electron chi connectivity index (χ4n) is 3.93. The predicted molar refractivity (Wildman–Crippen MR) is 111 cm³/mol. The molecule has 28 heavy (non-hydrogen) atoms. The summed E-state index contributed by atoms with van der Waals surface area (Å²) in [5.74, 6) is 1.22. The molecule has 3 aromatic rings. The Morgan fingerprint density at radius 2 is 2.07 bits per heavy atom. The number of likely N-dealkylation sites (tertiary alicyclic amines) is 1. The topological polar surface area (TPSA) is 68.5 Å². The standard InChI is InChI=1S/C21H24N4O2S/c1-13-17-19(22-14(2)23-20(17)28-18(13)21(26)27-3)24-16-9-10-25(12-16)11-15-7-5-4-6-8-15/h4-8,16H,9-12H2,1-3H3,(H,22,23,24)/p+1/t16-/m0/s1. The van der Waals surface area contributed by atoms with E-state index in [1.54, 1.807) is 4.90 Å². The Morgan fingerprint density at radius 1 is 1.29 bits per heavy atom. The first-order valence-corrected chi connectivity index (χ1v) is 10.4. The molecule has 2 atom stereocenters. The Labute approximate surface area is 168 Å². The van der Waals surface area contributed by atoms with Crippen molar-refractivity contribution in [3.63, 3.8) is 0 Å². The van der Waals surface area contributed by atoms with Gasteiger partial charge in [-0.1, -0.05) is 30.3 Å². The van der Waals surface area contributed by atoms with Gasteiger partial charge in [-0.2, -0.15) is 0 Å². The summed E-state index contributed by atoms with van der Waals surface area (Å²) < 4.78 is 4.92. The molecule has 0 bridgehead atoms. The average molecular weight is 398 g/mol. The second kappa shape index (κ2) is 7.85. The molecular formula is C21H25N4O2S+. The third kappa shape index (κ3) is 3.72. The fourth-order valence-corrected chi connectivity index (χ4v) is 5.07. The molecule has 2 N–H and O–H groups in total. The minimum absolute atomic E-state index is 0.316. The zero-order chi connectivity index (χ0) is 19.7. The molecule has 1 saturated heterocycles. The fraction of sp³-hybridized carbons (Fsp3) is 0.381. The SMILES string of the molecule is COC(=O)c1sc2nc(C)nc(N[C@H]3CC[NH+](Cc4ccccc4)C3)c2c1C. The van der Waals surface area contributed by atoms with Crippen LogP contribution >= 0.6 is 11.3 Å². The van der Waals surface area contributed by atoms with E-state index in [1.165, 1.54) is 24.0 Å². The van der Waals surface area contributed by atoms with Gasteiger partial charge in [0.25, 0.3) is 0 Å². The van der Waals surface area contributed by atoms with Crippen molar-refractivity contribution in [2.24, 2.45) is 0 Å². The van der Waals surface area contributed by atoms with Crippen LogP contribution < -0.4 is 10.2 Å². The number of esters is 1. The number of carbonyl (C=O) groups is 1. The molecule has 1 unspecified atom stereocenters. The summed E-state index contributed by atoms with van der Waals surface area (Å²) in [6.45, 7) is 7.05. The highest BCUT2D eigenvalue weighted by atomic mass is 32.1. The average Bonchev–Trinajstić information content (AvgIpc) is 3.26. The molecule has 2 aromatic heterocycles. The summed E-state index contributed by atoms with van der Waals surface area (Å²) in [7, 11) is 1.41. The van der Waals surface area contributed by atoms with Crippen molar-refractivity contribution in [3.05, 3.63) is 52.2 Å². The molecule has 0 amide bonds. The van der Waals surface area contributed by atoms with Gasteiger partial charge < -0.3 is 15.0 Å². The van der Waals surface area contributed by atoms with Crippen molar-refractivity contribution in [2.45, 2.75) is 32.9 Å². The van der Waals surface area contributed by atoms with Gasteiger partial charge in [-0.15, -0.1) is 11.3 Å². The minimum Gasteiger partial charge on any atom is -0.465 e. The third-order valence-electron chi connectivity index (χ3n) is 5.29. The van der Waals surface area contributed by atoms with Crippen LogP contribution in [0.4, 0.5) is 5.82 Å². The lowest BCUT2D eigenvalue weighted by atomic mass is 10.2. The predicted octanol–water partition coefficient (Wildman–Crippen LogP) is 2.36. The maximum Gasteiger partial charge on any atom is 0.348 e. The van der Waals surface area contributed by atoms with E-state index in [0.717, 1.165) is 47.7 Å². The second-order valence-electron chi connectivity index (χ2n) is 7.34. The Morgan fingerprint density at radius 3 is 2.82 bits per heavy atom. The van der Waals surface area contributed by atoms with E-state index in [0.29, 0.717) is 16.7 Å². The number of nitrogens with zero attached hydrogens (tertiary/aromatic N) is 2. The van der Waals surface area contributed by atoms with Crippen LogP contribution in [0.5, 0.6) is 0 Å². The number of ether oxygens (including phenoxy) is 1. The van der Waals surface area contributed by atoms with E-state index >= 15 is 0 Å². The number of carbonyl (C=O) groups excluding carboxylic acids is 1. The highest BCUT2D eigenvalue weighted by Crippen LogP contribution is 2.34. The van der Waals surface area contributed by atoms with E-state index in [1.807, 2.05) is 13.8 Å². The van der Waals surface area contributed by atoms with Crippen molar-refractivity contribution in [2.75, 3.05) is 25.5 Å². The van der Waals surface area contributed by atoms with Crippen LogP contribution in [0.25, 0.3) is 10.2 Å². The number of rotatable bonds is 5. The first kappa shape index (κ1) is 18.8. The van der Waals surface area contributed by atoms with Gasteiger partial charge in [-0.25, -0.2) is 14.8 Å². The van der Waals surface area contributed by atoms with Crippen LogP contribution in [0, 0.1) is 13.8 Å². The van der Waals surface area contributed by atoms with E-state index in [4.69, 9.17) is 4.74 Å². The lowest BCUT2D eigenvalue weighted by Crippen LogP contribution is -3.09. The second-order valence-corrected chi connectivity index (χ2v) is 8.34. The number of nitrogens with one attached hydrogen (secondary N) is 2. The number of benzene rings is 1. The van der Waals surface area contributed by atoms with E-state index in [2.05, 4.69) is 45.6 Å². The van der Waals surface area contributed by atoms with Crippen LogP contribution in [0.3, 0.4) is 0 Å². The molecule has 4 rings (SSSR count). The third-order valence-corrected chi connectivity index (χ3v) is 6.46. The molecule has 0 spiro atoms. The van der Waals surface area contributed by atoms with E-state index in [9.17, 15) is 4.79 Å². The first-order valence-electron chi connectivity index (χ1n) is 9.55. The summed E-state index contributed by atoms with van der Waals surface area (Å²) >= 11 is 1.37. The van der Waals surface area contributed by atoms with Crippen molar-refractivity contribution < 1.29 is 14.4 Å². The molecule has 0 saturated carbocycles. The molecule has 1 aliphatic heterocycles. The number of methoxy groups -OCH3 is 1. The van der Waals surface area contributed by atoms with Crippen molar-refractivity contribution >= 4 is 33.3 Å². The maximum absolute atomic E-state index is 12.1. The first-order chi connectivity index (χ1) is 13.5. The van der Waals surface area contributed by atoms with Crippen LogP contribution in [-0.2, 0) is 11.3 Å². The summed E-state index contributed by atoms with van der Waals surface area (Å²) in [4.78, 5) is 24.3. The van der Waals surface area contributed by atoms with Crippen LogP contribution in [0.1, 0.15) is 33.0 Å². The lowest BCUT2D eigenvalue weighted by Gasteiger charge is -2.15. The largest absolute Gasteiger partial charge is 0.465 e. The molecule has 1 fully saturated rings. The minimum atomic E-state index is -0.316. The highest BCUT2D eigenvalue weighted by molar-refractivity contribution is 7.20. The molecular weight excluding hydrogens is 372 g/mol. The van der Waals surface area contributed by atoms with Crippen LogP contribution in [-0.4, -0.2) is 42.2 Å². The Balaban J connectivity index is 1.55. The van der Waals surface area contributed by atoms with Gasteiger partial charge in [-0.05, 0) is 19.4 Å². The highest BCUT2D eigenvalue weighted by Gasteiger charge is 2.28. The lowest BCUT2D eigenvalue weighted by molar-refractivity contribution is -0.901. The number of thiophene rings is 1. The van der Waals surface area contributed by atoms with Gasteiger partial charge in [-0.3, -0.25) is 0 Å². The molecule has 0 radical (unpaired) electrons.